The second-order valence-corrected chi connectivity index (χ2v) is 6.06. The van der Waals surface area contributed by atoms with E-state index in [1.54, 1.807) is 18.2 Å². The van der Waals surface area contributed by atoms with Crippen LogP contribution in [0.3, 0.4) is 0 Å². The van der Waals surface area contributed by atoms with Gasteiger partial charge in [-0.1, -0.05) is 26.2 Å². The summed E-state index contributed by atoms with van der Waals surface area (Å²) in [6.07, 6.45) is 6.20. The standard InChI is InChI=1S/C14H19BrN2O2/c1-2-10-4-3-5-11(8-10)16-14-7-6-12(17(18)19)9-13(14)15/h6-7,9-11,16H,2-5,8H2,1H3. The zero-order valence-corrected chi connectivity index (χ0v) is 12.6. The maximum absolute atomic E-state index is 10.7. The first-order valence-corrected chi connectivity index (χ1v) is 7.60. The molecular weight excluding hydrogens is 308 g/mol. The van der Waals surface area contributed by atoms with Gasteiger partial charge in [0, 0.05) is 28.3 Å². The number of halogens is 1. The molecule has 0 aromatic heterocycles. The van der Waals surface area contributed by atoms with E-state index in [1.165, 1.54) is 32.1 Å². The fourth-order valence-corrected chi connectivity index (χ4v) is 3.23. The van der Waals surface area contributed by atoms with E-state index >= 15 is 0 Å². The van der Waals surface area contributed by atoms with Crippen LogP contribution in [0.4, 0.5) is 11.4 Å². The van der Waals surface area contributed by atoms with E-state index in [1.807, 2.05) is 0 Å². The Morgan fingerprint density at radius 2 is 2.26 bits per heavy atom. The maximum Gasteiger partial charge on any atom is 0.270 e. The Hall–Kier alpha value is -1.10. The fraction of sp³-hybridized carbons (Fsp3) is 0.571. The Labute approximate surface area is 121 Å². The molecule has 0 radical (unpaired) electrons. The summed E-state index contributed by atoms with van der Waals surface area (Å²) < 4.78 is 0.764. The lowest BCUT2D eigenvalue weighted by atomic mass is 9.84. The Morgan fingerprint density at radius 1 is 1.47 bits per heavy atom. The van der Waals surface area contributed by atoms with Crippen LogP contribution in [-0.4, -0.2) is 11.0 Å². The molecular formula is C14H19BrN2O2. The number of hydrogen-bond donors (Lipinski definition) is 1. The molecule has 0 aliphatic heterocycles. The van der Waals surface area contributed by atoms with Gasteiger partial charge in [-0.05, 0) is 40.8 Å². The summed E-state index contributed by atoms with van der Waals surface area (Å²) in [4.78, 5) is 10.3. The van der Waals surface area contributed by atoms with Crippen molar-refractivity contribution in [3.63, 3.8) is 0 Å². The predicted octanol–water partition coefficient (Wildman–Crippen LogP) is 4.74. The second kappa shape index (κ2) is 6.37. The lowest BCUT2D eigenvalue weighted by Crippen LogP contribution is -2.27. The topological polar surface area (TPSA) is 55.2 Å². The number of anilines is 1. The largest absolute Gasteiger partial charge is 0.381 e. The van der Waals surface area contributed by atoms with Crippen LogP contribution < -0.4 is 5.32 Å². The average Bonchev–Trinajstić information content (AvgIpc) is 2.41. The molecule has 1 N–H and O–H groups in total. The number of hydrogen-bond acceptors (Lipinski definition) is 3. The third-order valence-corrected chi connectivity index (χ3v) is 4.54. The van der Waals surface area contributed by atoms with Gasteiger partial charge < -0.3 is 5.32 Å². The molecule has 19 heavy (non-hydrogen) atoms. The maximum atomic E-state index is 10.7. The predicted molar refractivity (Wildman–Crippen MR) is 80.5 cm³/mol. The molecule has 0 amide bonds. The zero-order valence-electron chi connectivity index (χ0n) is 11.1. The highest BCUT2D eigenvalue weighted by atomic mass is 79.9. The van der Waals surface area contributed by atoms with Gasteiger partial charge in [-0.15, -0.1) is 0 Å². The van der Waals surface area contributed by atoms with E-state index in [4.69, 9.17) is 0 Å². The Kier molecular flexibility index (Phi) is 4.80. The molecule has 2 atom stereocenters. The van der Waals surface area contributed by atoms with Gasteiger partial charge in [-0.2, -0.15) is 0 Å². The average molecular weight is 327 g/mol. The SMILES string of the molecule is CCC1CCCC(Nc2ccc([N+](=O)[O-])cc2Br)C1. The normalized spacial score (nSPS) is 23.1. The molecule has 1 aliphatic rings. The van der Waals surface area contributed by atoms with Gasteiger partial charge >= 0.3 is 0 Å². The molecule has 1 saturated carbocycles. The van der Waals surface area contributed by atoms with Crippen molar-refractivity contribution in [2.24, 2.45) is 5.92 Å². The van der Waals surface area contributed by atoms with Crippen molar-refractivity contribution in [1.29, 1.82) is 0 Å². The summed E-state index contributed by atoms with van der Waals surface area (Å²) in [5, 5.41) is 14.2. The lowest BCUT2D eigenvalue weighted by molar-refractivity contribution is -0.384. The van der Waals surface area contributed by atoms with E-state index in [0.717, 1.165) is 16.1 Å². The summed E-state index contributed by atoms with van der Waals surface area (Å²) >= 11 is 3.41. The third-order valence-electron chi connectivity index (χ3n) is 3.88. The Morgan fingerprint density at radius 3 is 2.89 bits per heavy atom. The van der Waals surface area contributed by atoms with E-state index < -0.39 is 0 Å². The molecule has 1 aromatic carbocycles. The summed E-state index contributed by atoms with van der Waals surface area (Å²) in [6.45, 7) is 2.24. The molecule has 4 nitrogen and oxygen atoms in total. The van der Waals surface area contributed by atoms with Gasteiger partial charge in [-0.25, -0.2) is 0 Å². The molecule has 0 saturated heterocycles. The van der Waals surface area contributed by atoms with Crippen molar-refractivity contribution in [3.8, 4) is 0 Å². The van der Waals surface area contributed by atoms with Crippen molar-refractivity contribution in [2.45, 2.75) is 45.1 Å². The fourth-order valence-electron chi connectivity index (χ4n) is 2.75. The molecule has 2 rings (SSSR count). The van der Waals surface area contributed by atoms with Gasteiger partial charge in [0.2, 0.25) is 0 Å². The number of non-ortho nitro benzene ring substituents is 1. The molecule has 1 aromatic rings. The van der Waals surface area contributed by atoms with Crippen molar-refractivity contribution in [2.75, 3.05) is 5.32 Å². The minimum atomic E-state index is -0.373. The van der Waals surface area contributed by atoms with Crippen LogP contribution in [0, 0.1) is 16.0 Å². The molecule has 0 heterocycles. The van der Waals surface area contributed by atoms with E-state index in [2.05, 4.69) is 28.2 Å². The van der Waals surface area contributed by atoms with Crippen LogP contribution in [0.2, 0.25) is 0 Å². The summed E-state index contributed by atoms with van der Waals surface area (Å²) in [7, 11) is 0. The Balaban J connectivity index is 2.04. The lowest BCUT2D eigenvalue weighted by Gasteiger charge is -2.30. The second-order valence-electron chi connectivity index (χ2n) is 5.20. The van der Waals surface area contributed by atoms with Crippen molar-refractivity contribution < 1.29 is 4.92 Å². The number of rotatable bonds is 4. The van der Waals surface area contributed by atoms with Gasteiger partial charge in [0.1, 0.15) is 0 Å². The highest BCUT2D eigenvalue weighted by Gasteiger charge is 2.21. The first-order valence-electron chi connectivity index (χ1n) is 6.80. The minimum absolute atomic E-state index is 0.118. The van der Waals surface area contributed by atoms with Gasteiger partial charge in [0.05, 0.1) is 4.92 Å². The summed E-state index contributed by atoms with van der Waals surface area (Å²) in [6, 6.07) is 5.38. The smallest absolute Gasteiger partial charge is 0.270 e. The molecule has 0 spiro atoms. The highest BCUT2D eigenvalue weighted by molar-refractivity contribution is 9.10. The molecule has 0 bridgehead atoms. The highest BCUT2D eigenvalue weighted by Crippen LogP contribution is 2.32. The van der Waals surface area contributed by atoms with Crippen LogP contribution in [0.1, 0.15) is 39.0 Å². The van der Waals surface area contributed by atoms with E-state index in [9.17, 15) is 10.1 Å². The van der Waals surface area contributed by atoms with E-state index in [0.29, 0.717) is 6.04 Å². The number of nitro groups is 1. The molecule has 5 heteroatoms. The van der Waals surface area contributed by atoms with E-state index in [-0.39, 0.29) is 10.6 Å². The van der Waals surface area contributed by atoms with Crippen LogP contribution >= 0.6 is 15.9 Å². The number of nitrogens with one attached hydrogen (secondary N) is 1. The quantitative estimate of drug-likeness (QED) is 0.642. The summed E-state index contributed by atoms with van der Waals surface area (Å²) in [5.74, 6) is 0.808. The van der Waals surface area contributed by atoms with Gasteiger partial charge in [-0.3, -0.25) is 10.1 Å². The number of nitrogens with zero attached hydrogens (tertiary/aromatic N) is 1. The van der Waals surface area contributed by atoms with Crippen LogP contribution in [0.25, 0.3) is 0 Å². The Bertz CT molecular complexity index is 465. The minimum Gasteiger partial charge on any atom is -0.381 e. The molecule has 104 valence electrons. The van der Waals surface area contributed by atoms with Gasteiger partial charge in [0.15, 0.2) is 0 Å². The first kappa shape index (κ1) is 14.3. The molecule has 2 unspecified atom stereocenters. The monoisotopic (exact) mass is 326 g/mol. The zero-order chi connectivity index (χ0) is 13.8. The van der Waals surface area contributed by atoms with Crippen molar-refractivity contribution in [3.05, 3.63) is 32.8 Å². The van der Waals surface area contributed by atoms with Gasteiger partial charge in [0.25, 0.3) is 5.69 Å². The van der Waals surface area contributed by atoms with Crippen molar-refractivity contribution in [1.82, 2.24) is 0 Å². The van der Waals surface area contributed by atoms with Crippen LogP contribution in [0.15, 0.2) is 22.7 Å². The van der Waals surface area contributed by atoms with Crippen molar-refractivity contribution >= 4 is 27.3 Å². The number of nitro benzene ring substituents is 1. The number of benzene rings is 1. The third kappa shape index (κ3) is 3.69. The summed E-state index contributed by atoms with van der Waals surface area (Å²) in [5.41, 5.74) is 1.07. The molecule has 1 aliphatic carbocycles. The first-order chi connectivity index (χ1) is 9.10. The molecule has 1 fully saturated rings. The van der Waals surface area contributed by atoms with Crippen LogP contribution in [0.5, 0.6) is 0 Å². The van der Waals surface area contributed by atoms with Crippen LogP contribution in [-0.2, 0) is 0 Å².